The quantitative estimate of drug-likeness (QED) is 0.676. The number of rotatable bonds is 6. The van der Waals surface area contributed by atoms with E-state index in [-0.39, 0.29) is 10.8 Å². The van der Waals surface area contributed by atoms with Gasteiger partial charge >= 0.3 is 0 Å². The van der Waals surface area contributed by atoms with Crippen LogP contribution in [0.3, 0.4) is 0 Å². The van der Waals surface area contributed by atoms with E-state index in [1.807, 2.05) is 0 Å². The van der Waals surface area contributed by atoms with Crippen LogP contribution in [0.15, 0.2) is 47.4 Å². The van der Waals surface area contributed by atoms with Crippen LogP contribution in [0.5, 0.6) is 0 Å². The molecule has 6 nitrogen and oxygen atoms in total. The standard InChI is InChI=1S/C17H18Cl2N2O4S/c1-20(11-13-4-7-14(18)10-16(13)19)17(22)12-5-8-15(9-6-12)26(23,24)21(2)25-3/h4-10H,11H2,1-3H3. The Morgan fingerprint density at radius 3 is 2.23 bits per heavy atom. The molecule has 0 radical (unpaired) electrons. The van der Waals surface area contributed by atoms with Crippen molar-refractivity contribution in [3.05, 3.63) is 63.6 Å². The van der Waals surface area contributed by atoms with Gasteiger partial charge in [0, 0.05) is 36.2 Å². The lowest BCUT2D eigenvalue weighted by Gasteiger charge is -2.19. The van der Waals surface area contributed by atoms with Crippen molar-refractivity contribution in [1.29, 1.82) is 0 Å². The van der Waals surface area contributed by atoms with Gasteiger partial charge in [-0.05, 0) is 42.0 Å². The van der Waals surface area contributed by atoms with E-state index < -0.39 is 10.0 Å². The van der Waals surface area contributed by atoms with Crippen molar-refractivity contribution in [2.45, 2.75) is 11.4 Å². The third kappa shape index (κ3) is 4.55. The highest BCUT2D eigenvalue weighted by molar-refractivity contribution is 7.89. The normalized spacial score (nSPS) is 11.6. The Balaban J connectivity index is 2.16. The predicted molar refractivity (Wildman–Crippen MR) is 101 cm³/mol. The first-order chi connectivity index (χ1) is 12.2. The van der Waals surface area contributed by atoms with Gasteiger partial charge in [0.1, 0.15) is 0 Å². The molecule has 9 heteroatoms. The zero-order valence-corrected chi connectivity index (χ0v) is 16.8. The van der Waals surface area contributed by atoms with Gasteiger partial charge in [0.2, 0.25) is 0 Å². The van der Waals surface area contributed by atoms with E-state index >= 15 is 0 Å². The highest BCUT2D eigenvalue weighted by atomic mass is 35.5. The number of amides is 1. The summed E-state index contributed by atoms with van der Waals surface area (Å²) in [6, 6.07) is 10.7. The molecule has 0 spiro atoms. The molecule has 0 saturated carbocycles. The van der Waals surface area contributed by atoms with Crippen molar-refractivity contribution in [3.8, 4) is 0 Å². The molecule has 0 aliphatic rings. The fourth-order valence-electron chi connectivity index (χ4n) is 2.21. The number of halogens is 2. The molecule has 0 fully saturated rings. The van der Waals surface area contributed by atoms with Crippen LogP contribution in [-0.4, -0.2) is 44.9 Å². The second kappa shape index (κ2) is 8.37. The lowest BCUT2D eigenvalue weighted by Crippen LogP contribution is -2.27. The van der Waals surface area contributed by atoms with E-state index in [4.69, 9.17) is 28.0 Å². The van der Waals surface area contributed by atoms with Crippen LogP contribution in [0.4, 0.5) is 0 Å². The summed E-state index contributed by atoms with van der Waals surface area (Å²) in [5, 5.41) is 0.992. The van der Waals surface area contributed by atoms with Crippen molar-refractivity contribution in [3.63, 3.8) is 0 Å². The number of hydrogen-bond acceptors (Lipinski definition) is 4. The molecule has 2 aromatic carbocycles. The molecule has 0 bridgehead atoms. The Morgan fingerprint density at radius 1 is 1.08 bits per heavy atom. The summed E-state index contributed by atoms with van der Waals surface area (Å²) < 4.78 is 25.1. The Labute approximate surface area is 162 Å². The largest absolute Gasteiger partial charge is 0.337 e. The van der Waals surface area contributed by atoms with Gasteiger partial charge in [-0.15, -0.1) is 0 Å². The van der Waals surface area contributed by atoms with Crippen molar-refractivity contribution >= 4 is 39.1 Å². The van der Waals surface area contributed by atoms with Crippen molar-refractivity contribution in [2.75, 3.05) is 21.2 Å². The average Bonchev–Trinajstić information content (AvgIpc) is 2.62. The number of benzene rings is 2. The number of carbonyl (C=O) groups excluding carboxylic acids is 1. The van der Waals surface area contributed by atoms with E-state index in [2.05, 4.69) is 0 Å². The lowest BCUT2D eigenvalue weighted by atomic mass is 10.1. The second-order valence-corrected chi connectivity index (χ2v) is 8.30. The van der Waals surface area contributed by atoms with Gasteiger partial charge in [-0.2, -0.15) is 0 Å². The predicted octanol–water partition coefficient (Wildman–Crippen LogP) is 3.45. The van der Waals surface area contributed by atoms with Gasteiger partial charge in [0.15, 0.2) is 0 Å². The van der Waals surface area contributed by atoms with Crippen LogP contribution in [0.2, 0.25) is 10.0 Å². The van der Waals surface area contributed by atoms with Gasteiger partial charge in [-0.25, -0.2) is 8.42 Å². The monoisotopic (exact) mass is 416 g/mol. The third-order valence-corrected chi connectivity index (χ3v) is 6.04. The fourth-order valence-corrected chi connectivity index (χ4v) is 3.66. The first-order valence-corrected chi connectivity index (χ1v) is 9.69. The molecular weight excluding hydrogens is 399 g/mol. The van der Waals surface area contributed by atoms with Gasteiger partial charge in [0.25, 0.3) is 15.9 Å². The number of carbonyl (C=O) groups is 1. The van der Waals surface area contributed by atoms with Gasteiger partial charge < -0.3 is 4.90 Å². The fraction of sp³-hybridized carbons (Fsp3) is 0.235. The van der Waals surface area contributed by atoms with Crippen LogP contribution in [0.25, 0.3) is 0 Å². The summed E-state index contributed by atoms with van der Waals surface area (Å²) in [7, 11) is 0.428. The number of sulfonamides is 1. The Kier molecular flexibility index (Phi) is 6.65. The minimum absolute atomic E-state index is 0.0294. The van der Waals surface area contributed by atoms with Gasteiger partial charge in [0.05, 0.1) is 12.0 Å². The topological polar surface area (TPSA) is 66.9 Å². The highest BCUT2D eigenvalue weighted by Crippen LogP contribution is 2.23. The van der Waals surface area contributed by atoms with Gasteiger partial charge in [-0.3, -0.25) is 9.63 Å². The second-order valence-electron chi connectivity index (χ2n) is 5.52. The lowest BCUT2D eigenvalue weighted by molar-refractivity contribution is -0.0258. The minimum Gasteiger partial charge on any atom is -0.337 e. The van der Waals surface area contributed by atoms with Crippen LogP contribution in [-0.2, 0) is 21.4 Å². The molecular formula is C17H18Cl2N2O4S. The summed E-state index contributed by atoms with van der Waals surface area (Å²) in [6.07, 6.45) is 0. The SMILES string of the molecule is CON(C)S(=O)(=O)c1ccc(C(=O)N(C)Cc2ccc(Cl)cc2Cl)cc1. The molecule has 0 aromatic heterocycles. The van der Waals surface area contributed by atoms with Crippen LogP contribution < -0.4 is 0 Å². The van der Waals surface area contributed by atoms with Crippen molar-refractivity contribution < 1.29 is 18.0 Å². The zero-order chi connectivity index (χ0) is 19.5. The maximum atomic E-state index is 12.6. The molecule has 26 heavy (non-hydrogen) atoms. The molecule has 0 saturated heterocycles. The number of nitrogens with zero attached hydrogens (tertiary/aromatic N) is 2. The van der Waals surface area contributed by atoms with E-state index in [0.717, 1.165) is 10.0 Å². The summed E-state index contributed by atoms with van der Waals surface area (Å²) >= 11 is 12.0. The van der Waals surface area contributed by atoms with Crippen LogP contribution in [0, 0.1) is 0 Å². The molecule has 0 atom stereocenters. The van der Waals surface area contributed by atoms with Crippen molar-refractivity contribution in [2.24, 2.45) is 0 Å². The molecule has 0 aliphatic heterocycles. The highest BCUT2D eigenvalue weighted by Gasteiger charge is 2.21. The molecule has 2 rings (SSSR count). The van der Waals surface area contributed by atoms with E-state index in [0.29, 0.717) is 22.2 Å². The Morgan fingerprint density at radius 2 is 1.69 bits per heavy atom. The average molecular weight is 417 g/mol. The summed E-state index contributed by atoms with van der Waals surface area (Å²) in [5.74, 6) is -0.264. The smallest absolute Gasteiger partial charge is 0.264 e. The molecule has 1 amide bonds. The molecule has 140 valence electrons. The summed E-state index contributed by atoms with van der Waals surface area (Å²) in [5.41, 5.74) is 1.12. The third-order valence-electron chi connectivity index (χ3n) is 3.76. The number of hydroxylamine groups is 1. The molecule has 0 unspecified atom stereocenters. The van der Waals surface area contributed by atoms with Crippen molar-refractivity contribution in [1.82, 2.24) is 9.37 Å². The summed E-state index contributed by atoms with van der Waals surface area (Å²) in [4.78, 5) is 18.8. The molecule has 0 aliphatic carbocycles. The first-order valence-electron chi connectivity index (χ1n) is 7.49. The van der Waals surface area contributed by atoms with Gasteiger partial charge in [-0.1, -0.05) is 33.7 Å². The van der Waals surface area contributed by atoms with Crippen LogP contribution >= 0.6 is 23.2 Å². The molecule has 0 N–H and O–H groups in total. The maximum absolute atomic E-state index is 12.6. The van der Waals surface area contributed by atoms with E-state index in [9.17, 15) is 13.2 Å². The molecule has 2 aromatic rings. The van der Waals surface area contributed by atoms with Crippen LogP contribution in [0.1, 0.15) is 15.9 Å². The molecule has 0 heterocycles. The Hall–Kier alpha value is -1.64. The van der Waals surface area contributed by atoms with E-state index in [1.54, 1.807) is 25.2 Å². The van der Waals surface area contributed by atoms with E-state index in [1.165, 1.54) is 43.3 Å². The first kappa shape index (κ1) is 20.7. The Bertz CT molecular complexity index is 901. The summed E-state index contributed by atoms with van der Waals surface area (Å²) in [6.45, 7) is 0.293. The minimum atomic E-state index is -3.75. The number of hydrogen-bond donors (Lipinski definition) is 0. The zero-order valence-electron chi connectivity index (χ0n) is 14.4. The maximum Gasteiger partial charge on any atom is 0.264 e.